The van der Waals surface area contributed by atoms with E-state index in [0.29, 0.717) is 21.8 Å². The van der Waals surface area contributed by atoms with Crippen LogP contribution in [0.1, 0.15) is 28.3 Å². The summed E-state index contributed by atoms with van der Waals surface area (Å²) < 4.78 is 14.6. The molecule has 3 heterocycles. The maximum absolute atomic E-state index is 13.3. The van der Waals surface area contributed by atoms with Gasteiger partial charge < -0.3 is 24.3 Å². The van der Waals surface area contributed by atoms with E-state index in [1.54, 1.807) is 47.2 Å². The summed E-state index contributed by atoms with van der Waals surface area (Å²) in [6.45, 7) is 0. The summed E-state index contributed by atoms with van der Waals surface area (Å²) in [5.41, 5.74) is 3.44. The van der Waals surface area contributed by atoms with Crippen LogP contribution in [0.25, 0.3) is 22.2 Å². The second-order valence-electron chi connectivity index (χ2n) is 9.42. The Hall–Kier alpha value is -3.35. The molecule has 0 saturated carbocycles. The van der Waals surface area contributed by atoms with E-state index >= 15 is 0 Å². The van der Waals surface area contributed by atoms with Crippen LogP contribution in [-0.2, 0) is 9.47 Å². The smallest absolute Gasteiger partial charge is 0.338 e. The van der Waals surface area contributed by atoms with Gasteiger partial charge >= 0.3 is 5.97 Å². The summed E-state index contributed by atoms with van der Waals surface area (Å²) >= 11 is 8.22. The number of aliphatic hydroxyl groups is 2. The van der Waals surface area contributed by atoms with Gasteiger partial charge in [0.15, 0.2) is 12.3 Å². The van der Waals surface area contributed by atoms with Crippen LogP contribution in [0.15, 0.2) is 97.5 Å². The first-order chi connectivity index (χ1) is 19.4. The number of benzene rings is 3. The Morgan fingerprint density at radius 3 is 2.35 bits per heavy atom. The first-order valence-corrected chi connectivity index (χ1v) is 14.0. The SMILES string of the molecule is O=C(OC(c1ccc(Cl)cc1)[C@H]1O[C@@H](n2ccc3c(I)ncnc32)[C@H](O)[C@@H]1O)c1ccc(-c2ccccc2)cc1. The van der Waals surface area contributed by atoms with Crippen LogP contribution < -0.4 is 0 Å². The molecule has 1 aliphatic heterocycles. The van der Waals surface area contributed by atoms with Crippen LogP contribution >= 0.6 is 34.2 Å². The maximum atomic E-state index is 13.3. The Labute approximate surface area is 248 Å². The van der Waals surface area contributed by atoms with Gasteiger partial charge in [-0.2, -0.15) is 0 Å². The molecule has 202 valence electrons. The number of aromatic nitrogens is 3. The van der Waals surface area contributed by atoms with Crippen LogP contribution in [0.5, 0.6) is 0 Å². The highest BCUT2D eigenvalue weighted by molar-refractivity contribution is 14.1. The predicted molar refractivity (Wildman–Crippen MR) is 158 cm³/mol. The summed E-state index contributed by atoms with van der Waals surface area (Å²) in [5, 5.41) is 23.5. The zero-order valence-corrected chi connectivity index (χ0v) is 23.8. The molecule has 1 saturated heterocycles. The molecule has 3 aromatic carbocycles. The molecule has 1 aliphatic rings. The van der Waals surface area contributed by atoms with Crippen molar-refractivity contribution in [2.45, 2.75) is 30.6 Å². The molecule has 0 amide bonds. The molecule has 5 aromatic rings. The molecule has 2 N–H and O–H groups in total. The summed E-state index contributed by atoms with van der Waals surface area (Å²) in [7, 11) is 0. The van der Waals surface area contributed by atoms with Crippen molar-refractivity contribution in [2.75, 3.05) is 0 Å². The van der Waals surface area contributed by atoms with Crippen LogP contribution in [0.2, 0.25) is 5.02 Å². The number of aliphatic hydroxyl groups excluding tert-OH is 2. The summed E-state index contributed by atoms with van der Waals surface area (Å²) in [4.78, 5) is 21.9. The number of ether oxygens (including phenoxy) is 2. The average Bonchev–Trinajstić information content (AvgIpc) is 3.54. The molecule has 0 spiro atoms. The van der Waals surface area contributed by atoms with Gasteiger partial charge in [0.2, 0.25) is 0 Å². The molecule has 10 heteroatoms. The standard InChI is InChI=1S/C30H23ClIN3O5/c31-21-12-10-19(11-13-21)25(40-30(38)20-8-6-18(7-9-20)17-4-2-1-3-5-17)26-23(36)24(37)29(39-26)35-15-14-22-27(32)33-16-34-28(22)35/h1-16,23-26,29,36-37H/t23-,24+,25?,26-,29+/m0/s1. The van der Waals surface area contributed by atoms with Gasteiger partial charge in [-0.3, -0.25) is 0 Å². The van der Waals surface area contributed by atoms with E-state index in [9.17, 15) is 15.0 Å². The number of hydrogen-bond acceptors (Lipinski definition) is 7. The lowest BCUT2D eigenvalue weighted by Crippen LogP contribution is -2.36. The number of carbonyl (C=O) groups excluding carboxylic acids is 1. The number of nitrogens with zero attached hydrogens (tertiary/aromatic N) is 3. The van der Waals surface area contributed by atoms with Crippen LogP contribution in [0.4, 0.5) is 0 Å². The number of rotatable bonds is 6. The van der Waals surface area contributed by atoms with Gasteiger partial charge in [0, 0.05) is 11.2 Å². The zero-order valence-electron chi connectivity index (χ0n) is 20.8. The van der Waals surface area contributed by atoms with Crippen molar-refractivity contribution in [3.05, 3.63) is 117 Å². The van der Waals surface area contributed by atoms with Crippen LogP contribution in [0, 0.1) is 3.70 Å². The number of halogens is 2. The summed E-state index contributed by atoms with van der Waals surface area (Å²) in [6, 6.07) is 25.5. The molecule has 2 aromatic heterocycles. The van der Waals surface area contributed by atoms with Gasteiger partial charge in [0.1, 0.15) is 34.0 Å². The summed E-state index contributed by atoms with van der Waals surface area (Å²) in [5.74, 6) is -0.595. The highest BCUT2D eigenvalue weighted by atomic mass is 127. The predicted octanol–water partition coefficient (Wildman–Crippen LogP) is 5.57. The Morgan fingerprint density at radius 2 is 1.62 bits per heavy atom. The van der Waals surface area contributed by atoms with E-state index in [2.05, 4.69) is 32.6 Å². The molecule has 40 heavy (non-hydrogen) atoms. The minimum Gasteiger partial charge on any atom is -0.451 e. The fourth-order valence-corrected chi connectivity index (χ4v) is 5.57. The molecule has 6 rings (SSSR count). The van der Waals surface area contributed by atoms with Crippen molar-refractivity contribution in [1.82, 2.24) is 14.5 Å². The first kappa shape index (κ1) is 26.9. The zero-order chi connectivity index (χ0) is 27.8. The van der Waals surface area contributed by atoms with Crippen molar-refractivity contribution < 1.29 is 24.5 Å². The fraction of sp³-hybridized carbons (Fsp3) is 0.167. The number of fused-ring (bicyclic) bond motifs is 1. The van der Waals surface area contributed by atoms with Gasteiger partial charge in [-0.1, -0.05) is 66.2 Å². The lowest BCUT2D eigenvalue weighted by molar-refractivity contribution is -0.0916. The molecule has 1 unspecified atom stereocenters. The molecule has 1 fully saturated rings. The Balaban J connectivity index is 1.30. The van der Waals surface area contributed by atoms with E-state index in [1.165, 1.54) is 6.33 Å². The molecule has 0 radical (unpaired) electrons. The number of carbonyl (C=O) groups is 1. The van der Waals surface area contributed by atoms with E-state index in [0.717, 1.165) is 20.2 Å². The van der Waals surface area contributed by atoms with Gasteiger partial charge in [-0.05, 0) is 69.6 Å². The third-order valence-corrected chi connectivity index (χ3v) is 8.08. The lowest BCUT2D eigenvalue weighted by Gasteiger charge is -2.26. The topological polar surface area (TPSA) is 107 Å². The molecular weight excluding hydrogens is 645 g/mol. The van der Waals surface area contributed by atoms with Crippen LogP contribution in [0.3, 0.4) is 0 Å². The monoisotopic (exact) mass is 667 g/mol. The normalized spacial score (nSPS) is 21.4. The molecule has 0 bridgehead atoms. The second-order valence-corrected chi connectivity index (χ2v) is 10.9. The maximum Gasteiger partial charge on any atom is 0.338 e. The quantitative estimate of drug-likeness (QED) is 0.139. The fourth-order valence-electron chi connectivity index (χ4n) is 4.90. The van der Waals surface area contributed by atoms with Crippen molar-refractivity contribution >= 4 is 51.2 Å². The number of esters is 1. The van der Waals surface area contributed by atoms with Gasteiger partial charge in [-0.15, -0.1) is 0 Å². The van der Waals surface area contributed by atoms with Crippen molar-refractivity contribution in [2.24, 2.45) is 0 Å². The van der Waals surface area contributed by atoms with Crippen molar-refractivity contribution in [1.29, 1.82) is 0 Å². The molecule has 0 aliphatic carbocycles. The summed E-state index contributed by atoms with van der Waals surface area (Å²) in [6.07, 6.45) is -2.61. The van der Waals surface area contributed by atoms with Gasteiger partial charge in [-0.25, -0.2) is 14.8 Å². The minimum absolute atomic E-state index is 0.339. The molecule has 5 atom stereocenters. The van der Waals surface area contributed by atoms with E-state index < -0.39 is 36.6 Å². The van der Waals surface area contributed by atoms with E-state index in [4.69, 9.17) is 21.1 Å². The van der Waals surface area contributed by atoms with E-state index in [-0.39, 0.29) is 0 Å². The highest BCUT2D eigenvalue weighted by Crippen LogP contribution is 2.40. The minimum atomic E-state index is -1.36. The third-order valence-electron chi connectivity index (χ3n) is 6.97. The Morgan fingerprint density at radius 1 is 0.925 bits per heavy atom. The first-order valence-electron chi connectivity index (χ1n) is 12.5. The average molecular weight is 668 g/mol. The lowest BCUT2D eigenvalue weighted by atomic mass is 9.98. The van der Waals surface area contributed by atoms with Gasteiger partial charge in [0.25, 0.3) is 0 Å². The van der Waals surface area contributed by atoms with E-state index in [1.807, 2.05) is 48.5 Å². The van der Waals surface area contributed by atoms with Crippen molar-refractivity contribution in [3.63, 3.8) is 0 Å². The third kappa shape index (κ3) is 5.11. The largest absolute Gasteiger partial charge is 0.451 e. The highest BCUT2D eigenvalue weighted by Gasteiger charge is 2.49. The Bertz CT molecular complexity index is 1650. The van der Waals surface area contributed by atoms with Crippen molar-refractivity contribution in [3.8, 4) is 11.1 Å². The van der Waals surface area contributed by atoms with Crippen LogP contribution in [-0.4, -0.2) is 49.0 Å². The second kappa shape index (κ2) is 11.3. The Kier molecular flexibility index (Phi) is 7.56. The number of hydrogen-bond donors (Lipinski definition) is 2. The molecule has 8 nitrogen and oxygen atoms in total. The van der Waals surface area contributed by atoms with Gasteiger partial charge in [0.05, 0.1) is 10.9 Å². The molecular formula is C30H23ClIN3O5.